The van der Waals surface area contributed by atoms with Crippen LogP contribution in [0.5, 0.6) is 0 Å². The van der Waals surface area contributed by atoms with Crippen LogP contribution in [0.3, 0.4) is 0 Å². The van der Waals surface area contributed by atoms with Crippen molar-refractivity contribution in [2.45, 2.75) is 17.9 Å². The van der Waals surface area contributed by atoms with Crippen LogP contribution in [-0.4, -0.2) is 30.3 Å². The summed E-state index contributed by atoms with van der Waals surface area (Å²) in [6.07, 6.45) is 1.59. The quantitative estimate of drug-likeness (QED) is 0.526. The van der Waals surface area contributed by atoms with Crippen molar-refractivity contribution in [2.75, 3.05) is 12.4 Å². The third-order valence-electron chi connectivity index (χ3n) is 3.02. The van der Waals surface area contributed by atoms with Gasteiger partial charge in [-0.15, -0.1) is 11.8 Å². The zero-order chi connectivity index (χ0) is 18.8. The highest BCUT2D eigenvalue weighted by Crippen LogP contribution is 2.26. The van der Waals surface area contributed by atoms with Crippen LogP contribution in [0.2, 0.25) is 5.02 Å². The number of halogens is 1. The Labute approximate surface area is 159 Å². The molecule has 0 aliphatic heterocycles. The van der Waals surface area contributed by atoms with Crippen molar-refractivity contribution >= 4 is 41.3 Å². The van der Waals surface area contributed by atoms with Crippen LogP contribution in [0, 0.1) is 0 Å². The van der Waals surface area contributed by atoms with Gasteiger partial charge in [-0.1, -0.05) is 23.7 Å². The summed E-state index contributed by atoms with van der Waals surface area (Å²) in [5.41, 5.74) is 0. The molecule has 1 heterocycles. The molecule has 1 aromatic carbocycles. The number of carbonyl (C=O) groups is 3. The molecule has 0 unspecified atom stereocenters. The van der Waals surface area contributed by atoms with Crippen LogP contribution in [0.4, 0.5) is 4.79 Å². The van der Waals surface area contributed by atoms with E-state index in [1.54, 1.807) is 18.2 Å². The fraction of sp³-hybridized carbons (Fsp3) is 0.235. The van der Waals surface area contributed by atoms with Gasteiger partial charge in [-0.2, -0.15) is 0 Å². The van der Waals surface area contributed by atoms with E-state index in [-0.39, 0.29) is 13.0 Å². The largest absolute Gasteiger partial charge is 0.467 e. The van der Waals surface area contributed by atoms with Crippen LogP contribution in [0.15, 0.2) is 52.0 Å². The molecule has 138 valence electrons. The average Bonchev–Trinajstić information content (AvgIpc) is 3.13. The van der Waals surface area contributed by atoms with Crippen molar-refractivity contribution < 1.29 is 23.5 Å². The number of furan rings is 1. The molecule has 0 aliphatic carbocycles. The van der Waals surface area contributed by atoms with E-state index in [9.17, 15) is 14.4 Å². The van der Waals surface area contributed by atoms with Crippen molar-refractivity contribution in [2.24, 2.45) is 0 Å². The second-order valence-corrected chi connectivity index (χ2v) is 6.54. The summed E-state index contributed by atoms with van der Waals surface area (Å²) in [5, 5.41) is 5.11. The van der Waals surface area contributed by atoms with Crippen LogP contribution in [-0.2, 0) is 20.9 Å². The summed E-state index contributed by atoms with van der Waals surface area (Å²) in [6, 6.07) is 9.97. The Morgan fingerprint density at radius 2 is 1.96 bits per heavy atom. The maximum absolute atomic E-state index is 11.6. The molecule has 9 heteroatoms. The van der Waals surface area contributed by atoms with Gasteiger partial charge < -0.3 is 14.5 Å². The summed E-state index contributed by atoms with van der Waals surface area (Å²) in [6.45, 7) is -0.380. The number of urea groups is 1. The Balaban J connectivity index is 1.58. The molecule has 0 saturated heterocycles. The molecule has 0 fully saturated rings. The molecule has 2 aromatic rings. The van der Waals surface area contributed by atoms with Gasteiger partial charge in [0.25, 0.3) is 5.91 Å². The maximum atomic E-state index is 11.6. The minimum absolute atomic E-state index is 0.119. The van der Waals surface area contributed by atoms with E-state index in [4.69, 9.17) is 20.8 Å². The highest BCUT2D eigenvalue weighted by molar-refractivity contribution is 7.99. The third-order valence-corrected chi connectivity index (χ3v) is 4.54. The van der Waals surface area contributed by atoms with Gasteiger partial charge in [-0.05, 0) is 24.3 Å². The molecule has 2 rings (SSSR count). The number of hydrogen-bond acceptors (Lipinski definition) is 6. The number of imide groups is 1. The molecule has 0 spiro atoms. The molecule has 7 nitrogen and oxygen atoms in total. The fourth-order valence-electron chi connectivity index (χ4n) is 1.81. The topological polar surface area (TPSA) is 97.6 Å². The predicted octanol–water partition coefficient (Wildman–Crippen LogP) is 2.98. The van der Waals surface area contributed by atoms with Crippen molar-refractivity contribution in [3.8, 4) is 0 Å². The van der Waals surface area contributed by atoms with E-state index in [0.717, 1.165) is 4.90 Å². The summed E-state index contributed by atoms with van der Waals surface area (Å²) in [5.74, 6) is -0.229. The molecule has 0 saturated carbocycles. The first kappa shape index (κ1) is 19.9. The van der Waals surface area contributed by atoms with E-state index in [2.05, 4.69) is 10.6 Å². The number of esters is 1. The first-order chi connectivity index (χ1) is 12.5. The highest BCUT2D eigenvalue weighted by atomic mass is 35.5. The number of hydrogen-bond donors (Lipinski definition) is 2. The lowest BCUT2D eigenvalue weighted by Crippen LogP contribution is -2.41. The number of thioether (sulfide) groups is 1. The fourth-order valence-corrected chi connectivity index (χ4v) is 2.98. The lowest BCUT2D eigenvalue weighted by Gasteiger charge is -2.07. The monoisotopic (exact) mass is 396 g/mol. The number of benzene rings is 1. The number of nitrogens with one attached hydrogen (secondary N) is 2. The van der Waals surface area contributed by atoms with Gasteiger partial charge in [0.15, 0.2) is 6.61 Å². The summed E-state index contributed by atoms with van der Waals surface area (Å²) in [4.78, 5) is 35.6. The van der Waals surface area contributed by atoms with Crippen molar-refractivity contribution in [3.63, 3.8) is 0 Å². The van der Waals surface area contributed by atoms with Crippen molar-refractivity contribution in [1.29, 1.82) is 0 Å². The van der Waals surface area contributed by atoms with E-state index >= 15 is 0 Å². The zero-order valence-corrected chi connectivity index (χ0v) is 15.3. The first-order valence-electron chi connectivity index (χ1n) is 7.67. The Morgan fingerprint density at radius 1 is 1.15 bits per heavy atom. The second-order valence-electron chi connectivity index (χ2n) is 5.00. The first-order valence-corrected chi connectivity index (χ1v) is 9.04. The summed E-state index contributed by atoms with van der Waals surface area (Å²) in [7, 11) is 0. The Bertz CT molecular complexity index is 751. The minimum atomic E-state index is -0.714. The van der Waals surface area contributed by atoms with Crippen LogP contribution in [0.25, 0.3) is 0 Å². The van der Waals surface area contributed by atoms with Gasteiger partial charge in [0, 0.05) is 10.6 Å². The molecule has 3 amide bonds. The van der Waals surface area contributed by atoms with Crippen LogP contribution < -0.4 is 10.6 Å². The van der Waals surface area contributed by atoms with Crippen LogP contribution in [0.1, 0.15) is 12.2 Å². The number of ether oxygens (including phenoxy) is 1. The van der Waals surface area contributed by atoms with Gasteiger partial charge in [0.2, 0.25) is 0 Å². The van der Waals surface area contributed by atoms with E-state index in [1.807, 2.05) is 18.2 Å². The number of carbonyl (C=O) groups excluding carboxylic acids is 3. The van der Waals surface area contributed by atoms with Crippen molar-refractivity contribution in [1.82, 2.24) is 10.6 Å². The minimum Gasteiger partial charge on any atom is -0.467 e. The lowest BCUT2D eigenvalue weighted by atomic mass is 10.4. The third kappa shape index (κ3) is 7.20. The highest BCUT2D eigenvalue weighted by Gasteiger charge is 2.11. The molecule has 0 radical (unpaired) electrons. The number of amides is 3. The molecule has 0 bridgehead atoms. The predicted molar refractivity (Wildman–Crippen MR) is 96.8 cm³/mol. The van der Waals surface area contributed by atoms with Gasteiger partial charge >= 0.3 is 12.0 Å². The summed E-state index contributed by atoms with van der Waals surface area (Å²) >= 11 is 7.43. The Kier molecular flexibility index (Phi) is 8.04. The Hall–Kier alpha value is -2.45. The average molecular weight is 397 g/mol. The van der Waals surface area contributed by atoms with Gasteiger partial charge in [0.1, 0.15) is 5.76 Å². The van der Waals surface area contributed by atoms with E-state index < -0.39 is 24.5 Å². The maximum Gasteiger partial charge on any atom is 0.321 e. The van der Waals surface area contributed by atoms with E-state index in [1.165, 1.54) is 18.0 Å². The normalized spacial score (nSPS) is 10.2. The molecule has 1 aromatic heterocycles. The smallest absolute Gasteiger partial charge is 0.321 e. The molecule has 0 atom stereocenters. The SMILES string of the molecule is O=C(COC(=O)CCSc1ccccc1Cl)NC(=O)NCc1ccco1. The lowest BCUT2D eigenvalue weighted by molar-refractivity contribution is -0.147. The van der Waals surface area contributed by atoms with Crippen molar-refractivity contribution in [3.05, 3.63) is 53.4 Å². The molecule has 2 N–H and O–H groups in total. The van der Waals surface area contributed by atoms with Gasteiger partial charge in [0.05, 0.1) is 24.3 Å². The summed E-state index contributed by atoms with van der Waals surface area (Å²) < 4.78 is 9.87. The molecular formula is C17H17ClN2O5S. The Morgan fingerprint density at radius 3 is 2.69 bits per heavy atom. The van der Waals surface area contributed by atoms with Gasteiger partial charge in [-0.3, -0.25) is 14.9 Å². The number of rotatable bonds is 8. The second kappa shape index (κ2) is 10.5. The van der Waals surface area contributed by atoms with Gasteiger partial charge in [-0.25, -0.2) is 4.79 Å². The van der Waals surface area contributed by atoms with Crippen LogP contribution >= 0.6 is 23.4 Å². The molecule has 0 aliphatic rings. The molecular weight excluding hydrogens is 380 g/mol. The zero-order valence-electron chi connectivity index (χ0n) is 13.7. The standard InChI is InChI=1S/C17H17ClN2O5S/c18-13-5-1-2-6-14(13)26-9-7-16(22)25-11-15(21)20-17(23)19-10-12-4-3-8-24-12/h1-6,8H,7,9-11H2,(H2,19,20,21,23). The van der Waals surface area contributed by atoms with E-state index in [0.29, 0.717) is 16.5 Å². The molecule has 26 heavy (non-hydrogen) atoms.